The predicted molar refractivity (Wildman–Crippen MR) is 68.6 cm³/mol. The van der Waals surface area contributed by atoms with E-state index in [0.717, 1.165) is 16.9 Å². The van der Waals surface area contributed by atoms with Crippen LogP contribution in [0.1, 0.15) is 11.3 Å². The molecule has 3 rings (SSSR count). The molecular weight excluding hydrogens is 244 g/mol. The van der Waals surface area contributed by atoms with E-state index in [1.807, 2.05) is 13.0 Å². The number of phenols is 1. The fraction of sp³-hybridized carbons (Fsp3) is 0.143. The molecule has 3 aromatic rings. The van der Waals surface area contributed by atoms with Crippen molar-refractivity contribution in [3.8, 4) is 28.6 Å². The molecule has 0 saturated heterocycles. The van der Waals surface area contributed by atoms with Gasteiger partial charge in [0.1, 0.15) is 11.5 Å². The van der Waals surface area contributed by atoms with Crippen LogP contribution in [-0.4, -0.2) is 15.2 Å². The number of phenolic OH excluding ortho intramolecular Hbond substituents is 1. The maximum atomic E-state index is 9.69. The number of aryl methyl sites for hydroxylation is 1. The second kappa shape index (κ2) is 4.28. The van der Waals surface area contributed by atoms with Crippen LogP contribution in [-0.2, 0) is 0 Å². The Morgan fingerprint density at radius 2 is 1.95 bits per heavy atom. The molecule has 96 valence electrons. The quantitative estimate of drug-likeness (QED) is 0.761. The van der Waals surface area contributed by atoms with Crippen molar-refractivity contribution < 1.29 is 14.0 Å². The van der Waals surface area contributed by atoms with Gasteiger partial charge >= 0.3 is 0 Å². The third kappa shape index (κ3) is 1.89. The molecule has 0 saturated carbocycles. The number of nitrogens with zero attached hydrogens (tertiary/aromatic N) is 2. The minimum Gasteiger partial charge on any atom is -0.508 e. The maximum absolute atomic E-state index is 9.69. The van der Waals surface area contributed by atoms with E-state index >= 15 is 0 Å². The fourth-order valence-electron chi connectivity index (χ4n) is 1.91. The molecule has 0 atom stereocenters. The topological polar surface area (TPSA) is 72.3 Å². The van der Waals surface area contributed by atoms with Gasteiger partial charge in [0, 0.05) is 11.1 Å². The highest BCUT2D eigenvalue weighted by Crippen LogP contribution is 2.30. The molecule has 5 nitrogen and oxygen atoms in total. The Bertz CT molecular complexity index is 728. The zero-order valence-electron chi connectivity index (χ0n) is 10.5. The lowest BCUT2D eigenvalue weighted by molar-refractivity contribution is 0.430. The first-order valence-electron chi connectivity index (χ1n) is 5.84. The third-order valence-electron chi connectivity index (χ3n) is 3.06. The zero-order valence-corrected chi connectivity index (χ0v) is 10.5. The molecule has 0 aliphatic carbocycles. The van der Waals surface area contributed by atoms with E-state index in [2.05, 4.69) is 10.1 Å². The Balaban J connectivity index is 2.07. The minimum atomic E-state index is 0.205. The Hall–Kier alpha value is -2.56. The van der Waals surface area contributed by atoms with Gasteiger partial charge in [-0.3, -0.25) is 0 Å². The molecule has 1 aromatic carbocycles. The van der Waals surface area contributed by atoms with E-state index in [1.165, 1.54) is 0 Å². The number of hydrogen-bond acceptors (Lipinski definition) is 5. The van der Waals surface area contributed by atoms with E-state index in [9.17, 15) is 5.11 Å². The molecule has 0 aliphatic heterocycles. The molecule has 0 fully saturated rings. The van der Waals surface area contributed by atoms with Crippen molar-refractivity contribution in [3.63, 3.8) is 0 Å². The summed E-state index contributed by atoms with van der Waals surface area (Å²) in [5.74, 6) is 1.80. The Morgan fingerprint density at radius 3 is 2.68 bits per heavy atom. The highest BCUT2D eigenvalue weighted by atomic mass is 16.5. The van der Waals surface area contributed by atoms with Crippen LogP contribution in [0.3, 0.4) is 0 Å². The number of hydrogen-bond donors (Lipinski definition) is 1. The maximum Gasteiger partial charge on any atom is 0.258 e. The molecule has 0 unspecified atom stereocenters. The van der Waals surface area contributed by atoms with E-state index in [-0.39, 0.29) is 5.75 Å². The second-order valence-corrected chi connectivity index (χ2v) is 4.26. The first-order chi connectivity index (χ1) is 9.16. The summed E-state index contributed by atoms with van der Waals surface area (Å²) >= 11 is 0. The van der Waals surface area contributed by atoms with E-state index < -0.39 is 0 Å². The first-order valence-corrected chi connectivity index (χ1v) is 5.84. The fourth-order valence-corrected chi connectivity index (χ4v) is 1.91. The molecule has 2 aromatic heterocycles. The zero-order chi connectivity index (χ0) is 13.4. The van der Waals surface area contributed by atoms with Gasteiger partial charge in [0.25, 0.3) is 5.89 Å². The summed E-state index contributed by atoms with van der Waals surface area (Å²) in [6.07, 6.45) is 1.58. The summed E-state index contributed by atoms with van der Waals surface area (Å²) in [7, 11) is 0. The van der Waals surface area contributed by atoms with Gasteiger partial charge in [0.2, 0.25) is 5.82 Å². The van der Waals surface area contributed by atoms with E-state index in [1.54, 1.807) is 31.4 Å². The molecule has 1 N–H and O–H groups in total. The second-order valence-electron chi connectivity index (χ2n) is 4.26. The van der Waals surface area contributed by atoms with E-state index in [4.69, 9.17) is 8.94 Å². The predicted octanol–water partition coefficient (Wildman–Crippen LogP) is 3.32. The van der Waals surface area contributed by atoms with Gasteiger partial charge in [0.05, 0.1) is 11.8 Å². The molecule has 19 heavy (non-hydrogen) atoms. The molecule has 0 bridgehead atoms. The van der Waals surface area contributed by atoms with Crippen LogP contribution in [0.4, 0.5) is 0 Å². The van der Waals surface area contributed by atoms with Crippen molar-refractivity contribution in [2.24, 2.45) is 0 Å². The van der Waals surface area contributed by atoms with Crippen molar-refractivity contribution in [1.82, 2.24) is 10.1 Å². The molecule has 0 aliphatic rings. The lowest BCUT2D eigenvalue weighted by Gasteiger charge is -2.01. The Kier molecular flexibility index (Phi) is 2.59. The van der Waals surface area contributed by atoms with Crippen LogP contribution in [0.5, 0.6) is 5.75 Å². The summed E-state index contributed by atoms with van der Waals surface area (Å²) in [5.41, 5.74) is 2.23. The molecule has 0 spiro atoms. The van der Waals surface area contributed by atoms with Crippen LogP contribution in [0.25, 0.3) is 22.8 Å². The number of furan rings is 1. The third-order valence-corrected chi connectivity index (χ3v) is 3.06. The van der Waals surface area contributed by atoms with Crippen molar-refractivity contribution in [2.45, 2.75) is 13.8 Å². The lowest BCUT2D eigenvalue weighted by Crippen LogP contribution is -1.84. The average molecular weight is 256 g/mol. The highest BCUT2D eigenvalue weighted by Gasteiger charge is 2.16. The normalized spacial score (nSPS) is 10.8. The summed E-state index contributed by atoms with van der Waals surface area (Å²) < 4.78 is 10.5. The number of rotatable bonds is 2. The van der Waals surface area contributed by atoms with Gasteiger partial charge in [0.15, 0.2) is 0 Å². The van der Waals surface area contributed by atoms with Crippen LogP contribution < -0.4 is 0 Å². The van der Waals surface area contributed by atoms with E-state index in [0.29, 0.717) is 17.3 Å². The molecule has 2 heterocycles. The van der Waals surface area contributed by atoms with Gasteiger partial charge in [-0.1, -0.05) is 11.2 Å². The molecule has 0 amide bonds. The van der Waals surface area contributed by atoms with Gasteiger partial charge in [-0.05, 0) is 32.0 Å². The summed E-state index contributed by atoms with van der Waals surface area (Å²) in [5, 5.41) is 13.6. The highest BCUT2D eigenvalue weighted by molar-refractivity contribution is 5.65. The lowest BCUT2D eigenvalue weighted by atomic mass is 10.1. The van der Waals surface area contributed by atoms with Crippen molar-refractivity contribution in [2.75, 3.05) is 0 Å². The van der Waals surface area contributed by atoms with Gasteiger partial charge < -0.3 is 14.0 Å². The standard InChI is InChI=1S/C14H12N2O3/c1-8-10(4-3-5-12(8)17)14-15-13(16-19-14)11-6-7-18-9(11)2/h3-7,17H,1-2H3. The van der Waals surface area contributed by atoms with Crippen LogP contribution in [0.15, 0.2) is 39.5 Å². The average Bonchev–Trinajstić information content (AvgIpc) is 3.01. The first kappa shape index (κ1) is 11.5. The SMILES string of the molecule is Cc1occc1-c1noc(-c2cccc(O)c2C)n1. The Labute approximate surface area is 109 Å². The largest absolute Gasteiger partial charge is 0.508 e. The summed E-state index contributed by atoms with van der Waals surface area (Å²) in [6, 6.07) is 6.98. The smallest absolute Gasteiger partial charge is 0.258 e. The molecule has 5 heteroatoms. The van der Waals surface area contributed by atoms with Gasteiger partial charge in [-0.25, -0.2) is 0 Å². The van der Waals surface area contributed by atoms with Crippen molar-refractivity contribution in [3.05, 3.63) is 41.9 Å². The Morgan fingerprint density at radius 1 is 1.11 bits per heavy atom. The van der Waals surface area contributed by atoms with Crippen LogP contribution >= 0.6 is 0 Å². The van der Waals surface area contributed by atoms with Crippen LogP contribution in [0.2, 0.25) is 0 Å². The van der Waals surface area contributed by atoms with Gasteiger partial charge in [-0.15, -0.1) is 0 Å². The van der Waals surface area contributed by atoms with Crippen molar-refractivity contribution in [1.29, 1.82) is 0 Å². The summed E-state index contributed by atoms with van der Waals surface area (Å²) in [6.45, 7) is 3.64. The van der Waals surface area contributed by atoms with Gasteiger partial charge in [-0.2, -0.15) is 4.98 Å². The van der Waals surface area contributed by atoms with Crippen LogP contribution in [0, 0.1) is 13.8 Å². The minimum absolute atomic E-state index is 0.205. The monoisotopic (exact) mass is 256 g/mol. The molecular formula is C14H12N2O3. The number of aromatic hydroxyl groups is 1. The number of aromatic nitrogens is 2. The number of benzene rings is 1. The summed E-state index contributed by atoms with van der Waals surface area (Å²) in [4.78, 5) is 4.34. The molecule has 0 radical (unpaired) electrons. The van der Waals surface area contributed by atoms with Crippen molar-refractivity contribution >= 4 is 0 Å².